The van der Waals surface area contributed by atoms with Crippen LogP contribution >= 0.6 is 11.6 Å². The molecule has 3 rings (SSSR count). The summed E-state index contributed by atoms with van der Waals surface area (Å²) in [6.45, 7) is 1.06. The zero-order valence-electron chi connectivity index (χ0n) is 15.6. The number of halogens is 1. The van der Waals surface area contributed by atoms with Gasteiger partial charge in [0.1, 0.15) is 4.90 Å². The predicted molar refractivity (Wildman–Crippen MR) is 107 cm³/mol. The lowest BCUT2D eigenvalue weighted by molar-refractivity contribution is 0.0600. The molecule has 10 heteroatoms. The van der Waals surface area contributed by atoms with Gasteiger partial charge in [0.25, 0.3) is 5.91 Å². The van der Waals surface area contributed by atoms with Gasteiger partial charge in [0.05, 0.1) is 30.9 Å². The van der Waals surface area contributed by atoms with Crippen LogP contribution in [-0.4, -0.2) is 58.0 Å². The topological polar surface area (TPSA) is 102 Å². The molecule has 1 heterocycles. The Morgan fingerprint density at radius 2 is 1.69 bits per heavy atom. The maximum absolute atomic E-state index is 12.9. The van der Waals surface area contributed by atoms with E-state index in [2.05, 4.69) is 10.1 Å². The van der Waals surface area contributed by atoms with Crippen LogP contribution in [0.5, 0.6) is 0 Å². The van der Waals surface area contributed by atoms with Crippen molar-refractivity contribution in [1.82, 2.24) is 4.31 Å². The minimum Gasteiger partial charge on any atom is -0.465 e. The Bertz CT molecular complexity index is 1020. The van der Waals surface area contributed by atoms with Gasteiger partial charge in [0.15, 0.2) is 0 Å². The molecule has 0 aromatic heterocycles. The van der Waals surface area contributed by atoms with E-state index in [0.29, 0.717) is 24.5 Å². The van der Waals surface area contributed by atoms with Gasteiger partial charge in [-0.2, -0.15) is 4.31 Å². The first-order valence-corrected chi connectivity index (χ1v) is 10.5. The lowest BCUT2D eigenvalue weighted by Gasteiger charge is -2.26. The van der Waals surface area contributed by atoms with E-state index < -0.39 is 21.9 Å². The fourth-order valence-electron chi connectivity index (χ4n) is 2.78. The molecule has 0 bridgehead atoms. The first kappa shape index (κ1) is 21.3. The van der Waals surface area contributed by atoms with Crippen molar-refractivity contribution in [3.05, 3.63) is 58.6 Å². The smallest absolute Gasteiger partial charge is 0.337 e. The summed E-state index contributed by atoms with van der Waals surface area (Å²) in [4.78, 5) is 23.9. The molecule has 0 saturated carbocycles. The number of morpholine rings is 1. The summed E-state index contributed by atoms with van der Waals surface area (Å²) >= 11 is 6.11. The van der Waals surface area contributed by atoms with Crippen LogP contribution in [0.4, 0.5) is 5.69 Å². The summed E-state index contributed by atoms with van der Waals surface area (Å²) in [5.41, 5.74) is 0.921. The van der Waals surface area contributed by atoms with E-state index >= 15 is 0 Å². The van der Waals surface area contributed by atoms with Gasteiger partial charge in [-0.1, -0.05) is 11.6 Å². The highest BCUT2D eigenvalue weighted by atomic mass is 35.5. The normalized spacial score (nSPS) is 15.0. The standard InChI is InChI=1S/C19H19ClN2O6S/c1-27-19(24)13-2-5-15(6-3-13)21-18(23)14-4-7-16(20)17(12-14)29(25,26)22-8-10-28-11-9-22/h2-7,12H,8-11H2,1H3,(H,21,23). The van der Waals surface area contributed by atoms with Gasteiger partial charge in [0.2, 0.25) is 10.0 Å². The fraction of sp³-hybridized carbons (Fsp3) is 0.263. The monoisotopic (exact) mass is 438 g/mol. The molecular weight excluding hydrogens is 420 g/mol. The van der Waals surface area contributed by atoms with Crippen LogP contribution in [0.15, 0.2) is 47.4 Å². The van der Waals surface area contributed by atoms with Crippen molar-refractivity contribution >= 4 is 39.2 Å². The molecule has 0 radical (unpaired) electrons. The van der Waals surface area contributed by atoms with Gasteiger partial charge >= 0.3 is 5.97 Å². The summed E-state index contributed by atoms with van der Waals surface area (Å²) in [5.74, 6) is -0.996. The van der Waals surface area contributed by atoms with Crippen LogP contribution in [0.25, 0.3) is 0 Å². The number of ether oxygens (including phenoxy) is 2. The second-order valence-corrected chi connectivity index (χ2v) is 8.50. The molecule has 1 aliphatic heterocycles. The number of hydrogen-bond acceptors (Lipinski definition) is 6. The third-order valence-corrected chi connectivity index (χ3v) is 6.73. The molecule has 0 spiro atoms. The summed E-state index contributed by atoms with van der Waals surface area (Å²) in [7, 11) is -2.57. The van der Waals surface area contributed by atoms with Crippen molar-refractivity contribution in [2.75, 3.05) is 38.7 Å². The molecule has 2 aromatic carbocycles. The Morgan fingerprint density at radius 1 is 1.07 bits per heavy atom. The third-order valence-electron chi connectivity index (χ3n) is 4.35. The van der Waals surface area contributed by atoms with E-state index in [-0.39, 0.29) is 28.6 Å². The molecule has 1 aliphatic rings. The molecule has 0 unspecified atom stereocenters. The fourth-order valence-corrected chi connectivity index (χ4v) is 4.69. The van der Waals surface area contributed by atoms with Crippen LogP contribution in [0.1, 0.15) is 20.7 Å². The van der Waals surface area contributed by atoms with Crippen molar-refractivity contribution in [3.63, 3.8) is 0 Å². The van der Waals surface area contributed by atoms with Crippen molar-refractivity contribution in [1.29, 1.82) is 0 Å². The Hall–Kier alpha value is -2.46. The third kappa shape index (κ3) is 4.76. The number of rotatable bonds is 5. The molecule has 1 fully saturated rings. The number of sulfonamides is 1. The highest BCUT2D eigenvalue weighted by Crippen LogP contribution is 2.27. The molecule has 154 valence electrons. The minimum absolute atomic E-state index is 0.0375. The zero-order valence-corrected chi connectivity index (χ0v) is 17.1. The number of methoxy groups -OCH3 is 1. The number of carbonyl (C=O) groups is 2. The van der Waals surface area contributed by atoms with Crippen molar-refractivity contribution in [3.8, 4) is 0 Å². The molecule has 0 aliphatic carbocycles. The van der Waals surface area contributed by atoms with Crippen molar-refractivity contribution < 1.29 is 27.5 Å². The molecule has 1 amide bonds. The number of esters is 1. The summed E-state index contributed by atoms with van der Waals surface area (Å²) < 4.78 is 36.9. The van der Waals surface area contributed by atoms with Gasteiger partial charge in [-0.3, -0.25) is 4.79 Å². The van der Waals surface area contributed by atoms with Crippen LogP contribution in [0.2, 0.25) is 5.02 Å². The minimum atomic E-state index is -3.85. The zero-order chi connectivity index (χ0) is 21.0. The number of anilines is 1. The molecule has 29 heavy (non-hydrogen) atoms. The number of amides is 1. The van der Waals surface area contributed by atoms with Crippen LogP contribution < -0.4 is 5.32 Å². The molecule has 0 atom stereocenters. The Kier molecular flexibility index (Phi) is 6.53. The SMILES string of the molecule is COC(=O)c1ccc(NC(=O)c2ccc(Cl)c(S(=O)(=O)N3CCOCC3)c2)cc1. The largest absolute Gasteiger partial charge is 0.465 e. The summed E-state index contributed by atoms with van der Waals surface area (Å²) in [6.07, 6.45) is 0. The predicted octanol–water partition coefficient (Wildman–Crippen LogP) is 2.40. The number of hydrogen-bond donors (Lipinski definition) is 1. The van der Waals surface area contributed by atoms with Gasteiger partial charge in [-0.25, -0.2) is 13.2 Å². The second-order valence-electron chi connectivity index (χ2n) is 6.18. The lowest BCUT2D eigenvalue weighted by Crippen LogP contribution is -2.40. The summed E-state index contributed by atoms with van der Waals surface area (Å²) in [5, 5.41) is 2.69. The van der Waals surface area contributed by atoms with Gasteiger partial charge in [0, 0.05) is 24.3 Å². The number of nitrogens with zero attached hydrogens (tertiary/aromatic N) is 1. The van der Waals surface area contributed by atoms with E-state index in [1.807, 2.05) is 0 Å². The first-order valence-electron chi connectivity index (χ1n) is 8.70. The second kappa shape index (κ2) is 8.91. The average Bonchev–Trinajstić information content (AvgIpc) is 2.74. The summed E-state index contributed by atoms with van der Waals surface area (Å²) in [6, 6.07) is 10.2. The van der Waals surface area contributed by atoms with Gasteiger partial charge < -0.3 is 14.8 Å². The van der Waals surface area contributed by atoms with Crippen LogP contribution in [0.3, 0.4) is 0 Å². The van der Waals surface area contributed by atoms with E-state index in [4.69, 9.17) is 16.3 Å². The molecule has 2 aromatic rings. The molecule has 8 nitrogen and oxygen atoms in total. The van der Waals surface area contributed by atoms with Crippen molar-refractivity contribution in [2.24, 2.45) is 0 Å². The van der Waals surface area contributed by atoms with E-state index in [0.717, 1.165) is 0 Å². The van der Waals surface area contributed by atoms with E-state index in [1.165, 1.54) is 41.7 Å². The van der Waals surface area contributed by atoms with Gasteiger partial charge in [-0.05, 0) is 42.5 Å². The highest BCUT2D eigenvalue weighted by Gasteiger charge is 2.29. The lowest BCUT2D eigenvalue weighted by atomic mass is 10.2. The molecular formula is C19H19ClN2O6S. The number of benzene rings is 2. The van der Waals surface area contributed by atoms with Crippen LogP contribution in [0, 0.1) is 0 Å². The van der Waals surface area contributed by atoms with Gasteiger partial charge in [-0.15, -0.1) is 0 Å². The quantitative estimate of drug-likeness (QED) is 0.719. The Balaban J connectivity index is 1.81. The average molecular weight is 439 g/mol. The van der Waals surface area contributed by atoms with E-state index in [1.54, 1.807) is 12.1 Å². The number of nitrogens with one attached hydrogen (secondary N) is 1. The number of carbonyl (C=O) groups excluding carboxylic acids is 2. The molecule has 1 N–H and O–H groups in total. The molecule has 1 saturated heterocycles. The Morgan fingerprint density at radius 3 is 2.31 bits per heavy atom. The van der Waals surface area contributed by atoms with E-state index in [9.17, 15) is 18.0 Å². The maximum atomic E-state index is 12.9. The van der Waals surface area contributed by atoms with Crippen molar-refractivity contribution in [2.45, 2.75) is 4.90 Å². The van der Waals surface area contributed by atoms with Crippen LogP contribution in [-0.2, 0) is 19.5 Å². The maximum Gasteiger partial charge on any atom is 0.337 e. The highest BCUT2D eigenvalue weighted by molar-refractivity contribution is 7.89. The first-order chi connectivity index (χ1) is 13.8. The Labute approximate surface area is 173 Å².